The van der Waals surface area contributed by atoms with Crippen molar-refractivity contribution in [1.82, 2.24) is 10.3 Å². The monoisotopic (exact) mass is 393 g/mol. The molecule has 1 heterocycles. The van der Waals surface area contributed by atoms with Gasteiger partial charge in [0.15, 0.2) is 5.11 Å². The fourth-order valence-electron chi connectivity index (χ4n) is 2.75. The zero-order valence-corrected chi connectivity index (χ0v) is 16.1. The molecule has 2 aromatic rings. The van der Waals surface area contributed by atoms with E-state index in [1.165, 1.54) is 0 Å². The number of hydrogen-bond acceptors (Lipinski definition) is 3. The molecule has 7 heteroatoms. The van der Waals surface area contributed by atoms with Crippen LogP contribution < -0.4 is 10.1 Å². The number of rotatable bonds is 3. The second-order valence-corrected chi connectivity index (χ2v) is 6.77. The van der Waals surface area contributed by atoms with Crippen molar-refractivity contribution in [2.75, 3.05) is 14.2 Å². The first kappa shape index (κ1) is 18.0. The number of nitrogens with zero attached hydrogens (tertiary/aromatic N) is 2. The molecule has 0 saturated carbocycles. The first-order chi connectivity index (χ1) is 12.0. The highest BCUT2D eigenvalue weighted by Crippen LogP contribution is 2.35. The number of thiocarbonyl (C=S) groups is 1. The molecule has 1 atom stereocenters. The van der Waals surface area contributed by atoms with Crippen LogP contribution in [0.4, 0.5) is 0 Å². The molecule has 1 aliphatic heterocycles. The van der Waals surface area contributed by atoms with Gasteiger partial charge < -0.3 is 10.1 Å². The van der Waals surface area contributed by atoms with Crippen LogP contribution in [-0.2, 0) is 0 Å². The molecule has 0 aromatic heterocycles. The van der Waals surface area contributed by atoms with Gasteiger partial charge in [-0.3, -0.25) is 0 Å². The van der Waals surface area contributed by atoms with Crippen LogP contribution in [0, 0.1) is 0 Å². The first-order valence-corrected chi connectivity index (χ1v) is 8.87. The normalized spacial score (nSPS) is 16.6. The summed E-state index contributed by atoms with van der Waals surface area (Å²) in [4.78, 5) is 0. The Balaban J connectivity index is 1.94. The van der Waals surface area contributed by atoms with Crippen LogP contribution in [0.1, 0.15) is 23.6 Å². The lowest BCUT2D eigenvalue weighted by atomic mass is 9.98. The van der Waals surface area contributed by atoms with Gasteiger partial charge in [-0.05, 0) is 59.7 Å². The number of benzene rings is 2. The predicted octanol–water partition coefficient (Wildman–Crippen LogP) is 4.66. The predicted molar refractivity (Wildman–Crippen MR) is 107 cm³/mol. The highest BCUT2D eigenvalue weighted by Gasteiger charge is 2.31. The standard InChI is InChI=1S/C18H17Cl2N3OS/c1-21-18(25)23-17(12-5-8-14(19)15(20)9-12)10-16(22-23)11-3-6-13(24-2)7-4-11/h3-9,17H,10H2,1-2H3,(H,21,25)/t17-/m1/s1. The number of halogens is 2. The number of hydrazone groups is 1. The molecular formula is C18H17Cl2N3OS. The van der Waals surface area contributed by atoms with E-state index in [0.29, 0.717) is 21.6 Å². The number of methoxy groups -OCH3 is 1. The van der Waals surface area contributed by atoms with Gasteiger partial charge in [0.25, 0.3) is 0 Å². The number of ether oxygens (including phenoxy) is 1. The van der Waals surface area contributed by atoms with Gasteiger partial charge in [0.1, 0.15) is 5.75 Å². The van der Waals surface area contributed by atoms with E-state index < -0.39 is 0 Å². The quantitative estimate of drug-likeness (QED) is 0.769. The minimum atomic E-state index is -0.0354. The van der Waals surface area contributed by atoms with E-state index in [0.717, 1.165) is 22.6 Å². The van der Waals surface area contributed by atoms with Crippen molar-refractivity contribution >= 4 is 46.2 Å². The highest BCUT2D eigenvalue weighted by molar-refractivity contribution is 7.80. The van der Waals surface area contributed by atoms with Gasteiger partial charge in [0.2, 0.25) is 0 Å². The summed E-state index contributed by atoms with van der Waals surface area (Å²) >= 11 is 17.7. The Labute approximate surface area is 162 Å². The molecule has 0 fully saturated rings. The van der Waals surface area contributed by atoms with E-state index in [9.17, 15) is 0 Å². The summed E-state index contributed by atoms with van der Waals surface area (Å²) in [6.45, 7) is 0. The van der Waals surface area contributed by atoms with E-state index in [4.69, 9.17) is 45.3 Å². The minimum Gasteiger partial charge on any atom is -0.497 e. The lowest BCUT2D eigenvalue weighted by Gasteiger charge is -2.24. The molecular weight excluding hydrogens is 377 g/mol. The fraction of sp³-hybridized carbons (Fsp3) is 0.222. The lowest BCUT2D eigenvalue weighted by molar-refractivity contribution is 0.367. The van der Waals surface area contributed by atoms with E-state index in [-0.39, 0.29) is 6.04 Å². The molecule has 1 aliphatic rings. The number of nitrogens with one attached hydrogen (secondary N) is 1. The van der Waals surface area contributed by atoms with Crippen LogP contribution in [0.2, 0.25) is 10.0 Å². The average molecular weight is 394 g/mol. The lowest BCUT2D eigenvalue weighted by Crippen LogP contribution is -2.34. The smallest absolute Gasteiger partial charge is 0.189 e. The first-order valence-electron chi connectivity index (χ1n) is 7.71. The van der Waals surface area contributed by atoms with E-state index in [2.05, 4.69) is 5.32 Å². The van der Waals surface area contributed by atoms with Crippen molar-refractivity contribution in [3.05, 3.63) is 63.6 Å². The Kier molecular flexibility index (Phi) is 5.47. The maximum atomic E-state index is 6.19. The van der Waals surface area contributed by atoms with Crippen LogP contribution in [0.25, 0.3) is 0 Å². The van der Waals surface area contributed by atoms with Gasteiger partial charge in [-0.1, -0.05) is 29.3 Å². The largest absolute Gasteiger partial charge is 0.497 e. The summed E-state index contributed by atoms with van der Waals surface area (Å²) in [6, 6.07) is 13.4. The van der Waals surface area contributed by atoms with E-state index in [1.54, 1.807) is 20.2 Å². The molecule has 0 saturated heterocycles. The van der Waals surface area contributed by atoms with Gasteiger partial charge in [-0.2, -0.15) is 5.10 Å². The molecule has 0 amide bonds. The summed E-state index contributed by atoms with van der Waals surface area (Å²) in [7, 11) is 3.44. The van der Waals surface area contributed by atoms with Crippen molar-refractivity contribution in [2.24, 2.45) is 5.10 Å². The second kappa shape index (κ2) is 7.60. The Bertz CT molecular complexity index is 824. The summed E-state index contributed by atoms with van der Waals surface area (Å²) in [5.74, 6) is 0.811. The highest BCUT2D eigenvalue weighted by atomic mass is 35.5. The van der Waals surface area contributed by atoms with Crippen LogP contribution in [-0.4, -0.2) is 30.0 Å². The van der Waals surface area contributed by atoms with Gasteiger partial charge in [0, 0.05) is 13.5 Å². The second-order valence-electron chi connectivity index (χ2n) is 5.57. The molecule has 2 aromatic carbocycles. The molecule has 0 radical (unpaired) electrons. The van der Waals surface area contributed by atoms with Crippen LogP contribution in [0.3, 0.4) is 0 Å². The van der Waals surface area contributed by atoms with Crippen LogP contribution in [0.15, 0.2) is 47.6 Å². The van der Waals surface area contributed by atoms with Crippen molar-refractivity contribution < 1.29 is 4.74 Å². The Morgan fingerprint density at radius 3 is 2.52 bits per heavy atom. The maximum absolute atomic E-state index is 6.19. The molecule has 25 heavy (non-hydrogen) atoms. The van der Waals surface area contributed by atoms with Gasteiger partial charge >= 0.3 is 0 Å². The van der Waals surface area contributed by atoms with Crippen molar-refractivity contribution in [3.63, 3.8) is 0 Å². The van der Waals surface area contributed by atoms with Crippen molar-refractivity contribution in [3.8, 4) is 5.75 Å². The Morgan fingerprint density at radius 2 is 1.92 bits per heavy atom. The third kappa shape index (κ3) is 3.73. The summed E-state index contributed by atoms with van der Waals surface area (Å²) < 4.78 is 5.22. The maximum Gasteiger partial charge on any atom is 0.189 e. The third-order valence-corrected chi connectivity index (χ3v) is 5.21. The molecule has 0 spiro atoms. The number of hydrogen-bond donors (Lipinski definition) is 1. The Morgan fingerprint density at radius 1 is 1.20 bits per heavy atom. The van der Waals surface area contributed by atoms with Gasteiger partial charge in [-0.15, -0.1) is 0 Å². The van der Waals surface area contributed by atoms with E-state index in [1.807, 2.05) is 41.4 Å². The summed E-state index contributed by atoms with van der Waals surface area (Å²) in [5.41, 5.74) is 3.00. The summed E-state index contributed by atoms with van der Waals surface area (Å²) in [5, 5.41) is 11.1. The van der Waals surface area contributed by atoms with Gasteiger partial charge in [-0.25, -0.2) is 5.01 Å². The van der Waals surface area contributed by atoms with E-state index >= 15 is 0 Å². The molecule has 1 N–H and O–H groups in total. The Hall–Kier alpha value is -1.82. The van der Waals surface area contributed by atoms with Crippen LogP contribution in [0.5, 0.6) is 5.75 Å². The molecule has 3 rings (SSSR count). The minimum absolute atomic E-state index is 0.0354. The third-order valence-electron chi connectivity index (χ3n) is 4.08. The summed E-state index contributed by atoms with van der Waals surface area (Å²) in [6.07, 6.45) is 0.714. The fourth-order valence-corrected chi connectivity index (χ4v) is 3.22. The average Bonchev–Trinajstić information content (AvgIpc) is 3.08. The SMILES string of the molecule is CNC(=S)N1N=C(c2ccc(OC)cc2)C[C@@H]1c1ccc(Cl)c(Cl)c1. The molecule has 0 unspecified atom stereocenters. The molecule has 4 nitrogen and oxygen atoms in total. The molecule has 0 bridgehead atoms. The van der Waals surface area contributed by atoms with Crippen molar-refractivity contribution in [2.45, 2.75) is 12.5 Å². The van der Waals surface area contributed by atoms with Crippen LogP contribution >= 0.6 is 35.4 Å². The zero-order valence-electron chi connectivity index (χ0n) is 13.8. The van der Waals surface area contributed by atoms with Crippen molar-refractivity contribution in [1.29, 1.82) is 0 Å². The molecule has 0 aliphatic carbocycles. The van der Waals surface area contributed by atoms with Gasteiger partial charge in [0.05, 0.1) is 28.9 Å². The topological polar surface area (TPSA) is 36.9 Å². The zero-order chi connectivity index (χ0) is 18.0. The molecule has 130 valence electrons.